The van der Waals surface area contributed by atoms with Gasteiger partial charge >= 0.3 is 0 Å². The van der Waals surface area contributed by atoms with Crippen LogP contribution >= 0.6 is 11.8 Å². The summed E-state index contributed by atoms with van der Waals surface area (Å²) in [4.78, 5) is 1.18. The molecule has 140 valence electrons. The van der Waals surface area contributed by atoms with Gasteiger partial charge in [0.15, 0.2) is 0 Å². The summed E-state index contributed by atoms with van der Waals surface area (Å²) in [6.07, 6.45) is 5.11. The van der Waals surface area contributed by atoms with E-state index in [4.69, 9.17) is 4.74 Å². The maximum atomic E-state index is 10.4. The smallest absolute Gasteiger partial charge is 0.126 e. The molecule has 0 saturated heterocycles. The summed E-state index contributed by atoms with van der Waals surface area (Å²) >= 11 is 1.68. The van der Waals surface area contributed by atoms with Crippen LogP contribution in [0.2, 0.25) is 0 Å². The lowest BCUT2D eigenvalue weighted by Crippen LogP contribution is -2.33. The lowest BCUT2D eigenvalue weighted by atomic mass is 10.0. The Balaban J connectivity index is 2.17. The second-order valence-corrected chi connectivity index (χ2v) is 7.96. The van der Waals surface area contributed by atoms with Gasteiger partial charge in [-0.25, -0.2) is 0 Å². The minimum absolute atomic E-state index is 0.0466. The zero-order chi connectivity index (χ0) is 19.3. The molecule has 2 aromatic rings. The van der Waals surface area contributed by atoms with Crippen molar-refractivity contribution in [3.05, 3.63) is 64.7 Å². The van der Waals surface area contributed by atoms with E-state index in [0.29, 0.717) is 0 Å². The van der Waals surface area contributed by atoms with Gasteiger partial charge in [0.1, 0.15) is 11.4 Å². The first kappa shape index (κ1) is 20.6. The Kier molecular flexibility index (Phi) is 6.93. The molecule has 0 amide bonds. The Morgan fingerprint density at radius 2 is 1.69 bits per heavy atom. The van der Waals surface area contributed by atoms with Crippen molar-refractivity contribution in [3.8, 4) is 5.75 Å². The molecule has 0 aliphatic rings. The summed E-state index contributed by atoms with van der Waals surface area (Å²) in [5.41, 5.74) is 3.27. The van der Waals surface area contributed by atoms with E-state index in [1.165, 1.54) is 4.90 Å². The van der Waals surface area contributed by atoms with Crippen LogP contribution in [-0.4, -0.2) is 28.7 Å². The van der Waals surface area contributed by atoms with E-state index in [2.05, 4.69) is 0 Å². The zero-order valence-corrected chi connectivity index (χ0v) is 16.9. The van der Waals surface area contributed by atoms with Crippen molar-refractivity contribution in [3.63, 3.8) is 0 Å². The zero-order valence-electron chi connectivity index (χ0n) is 16.1. The summed E-state index contributed by atoms with van der Waals surface area (Å²) < 4.78 is 5.96. The average Bonchev–Trinajstić information content (AvgIpc) is 2.63. The third-order valence-electron chi connectivity index (χ3n) is 4.17. The maximum Gasteiger partial charge on any atom is 0.126 e. The van der Waals surface area contributed by atoms with Gasteiger partial charge in [0.25, 0.3) is 0 Å². The third kappa shape index (κ3) is 5.37. The number of thioether (sulfide) groups is 1. The van der Waals surface area contributed by atoms with Gasteiger partial charge in [0.2, 0.25) is 0 Å². The predicted octanol–water partition coefficient (Wildman–Crippen LogP) is 4.92. The molecule has 1 atom stereocenters. The first-order chi connectivity index (χ1) is 12.3. The van der Waals surface area contributed by atoms with Crippen LogP contribution in [0.5, 0.6) is 5.75 Å². The molecule has 0 radical (unpaired) electrons. The van der Waals surface area contributed by atoms with Crippen molar-refractivity contribution >= 4 is 17.8 Å². The summed E-state index contributed by atoms with van der Waals surface area (Å²) in [6, 6.07) is 12.0. The van der Waals surface area contributed by atoms with Crippen molar-refractivity contribution in [2.75, 3.05) is 12.9 Å². The molecule has 0 fully saturated rings. The molecular weight excluding hydrogens is 344 g/mol. The molecule has 0 saturated carbocycles. The Hall–Kier alpha value is -1.75. The van der Waals surface area contributed by atoms with E-state index < -0.39 is 11.7 Å². The van der Waals surface area contributed by atoms with E-state index >= 15 is 0 Å². The highest BCUT2D eigenvalue weighted by Gasteiger charge is 2.20. The first-order valence-electron chi connectivity index (χ1n) is 8.67. The lowest BCUT2D eigenvalue weighted by molar-refractivity contribution is 0.0401. The normalized spacial score (nSPS) is 13.2. The van der Waals surface area contributed by atoms with Crippen LogP contribution in [0.3, 0.4) is 0 Å². The van der Waals surface area contributed by atoms with Crippen molar-refractivity contribution in [1.29, 1.82) is 0 Å². The second-order valence-electron chi connectivity index (χ2n) is 7.08. The van der Waals surface area contributed by atoms with Gasteiger partial charge in [-0.3, -0.25) is 0 Å². The molecule has 2 rings (SSSR count). The Morgan fingerprint density at radius 3 is 2.19 bits per heavy atom. The number of ether oxygens (including phenoxy) is 1. The van der Waals surface area contributed by atoms with Crippen LogP contribution in [0.4, 0.5) is 0 Å². The fourth-order valence-electron chi connectivity index (χ4n) is 2.66. The van der Waals surface area contributed by atoms with Gasteiger partial charge in [-0.2, -0.15) is 0 Å². The highest BCUT2D eigenvalue weighted by Crippen LogP contribution is 2.29. The largest absolute Gasteiger partial charge is 0.485 e. The molecule has 2 N–H and O–H groups in total. The van der Waals surface area contributed by atoms with E-state index in [-0.39, 0.29) is 6.61 Å². The molecule has 0 heterocycles. The molecule has 2 aromatic carbocycles. The summed E-state index contributed by atoms with van der Waals surface area (Å²) in [6.45, 7) is 7.65. The number of aryl methyl sites for hydroxylation is 2. The fraction of sp³-hybridized carbons (Fsp3) is 0.364. The van der Waals surface area contributed by atoms with Crippen molar-refractivity contribution in [1.82, 2.24) is 0 Å². The monoisotopic (exact) mass is 372 g/mol. The molecule has 26 heavy (non-hydrogen) atoms. The highest BCUT2D eigenvalue weighted by atomic mass is 32.2. The van der Waals surface area contributed by atoms with Crippen LogP contribution in [0.1, 0.15) is 42.2 Å². The quantitative estimate of drug-likeness (QED) is 0.677. The molecular formula is C22H28O3S. The van der Waals surface area contributed by atoms with Crippen molar-refractivity contribution < 1.29 is 14.9 Å². The minimum Gasteiger partial charge on any atom is -0.485 e. The molecule has 3 nitrogen and oxygen atoms in total. The molecule has 0 spiro atoms. The second kappa shape index (κ2) is 8.76. The van der Waals surface area contributed by atoms with Crippen LogP contribution in [0.15, 0.2) is 47.4 Å². The van der Waals surface area contributed by atoms with Gasteiger partial charge in [0, 0.05) is 4.90 Å². The Bertz CT molecular complexity index is 740. The van der Waals surface area contributed by atoms with Crippen LogP contribution in [0, 0.1) is 13.8 Å². The molecule has 0 aromatic heterocycles. The van der Waals surface area contributed by atoms with E-state index in [1.54, 1.807) is 17.8 Å². The first-order valence-corrected chi connectivity index (χ1v) is 9.89. The number of hydrogen-bond acceptors (Lipinski definition) is 4. The van der Waals surface area contributed by atoms with E-state index in [1.807, 2.05) is 76.4 Å². The minimum atomic E-state index is -0.643. The number of aliphatic hydroxyl groups is 2. The highest BCUT2D eigenvalue weighted by molar-refractivity contribution is 7.98. The number of aliphatic hydroxyl groups excluding tert-OH is 2. The maximum absolute atomic E-state index is 10.4. The van der Waals surface area contributed by atoms with E-state index in [0.717, 1.165) is 28.0 Å². The van der Waals surface area contributed by atoms with Gasteiger partial charge < -0.3 is 14.9 Å². The molecule has 0 aliphatic heterocycles. The third-order valence-corrected chi connectivity index (χ3v) is 4.91. The summed E-state index contributed by atoms with van der Waals surface area (Å²) in [5, 5.41) is 19.8. The fourth-order valence-corrected chi connectivity index (χ4v) is 3.07. The number of benzene rings is 2. The topological polar surface area (TPSA) is 49.7 Å². The van der Waals surface area contributed by atoms with Gasteiger partial charge in [-0.05, 0) is 80.5 Å². The lowest BCUT2D eigenvalue weighted by Gasteiger charge is -2.26. The van der Waals surface area contributed by atoms with Gasteiger partial charge in [-0.1, -0.05) is 24.3 Å². The van der Waals surface area contributed by atoms with Crippen LogP contribution in [0.25, 0.3) is 6.08 Å². The van der Waals surface area contributed by atoms with Crippen molar-refractivity contribution in [2.45, 2.75) is 44.3 Å². The Morgan fingerprint density at radius 1 is 1.12 bits per heavy atom. The number of rotatable bonds is 7. The molecule has 0 bridgehead atoms. The summed E-state index contributed by atoms with van der Waals surface area (Å²) in [7, 11) is 0. The molecule has 0 aliphatic carbocycles. The van der Waals surface area contributed by atoms with Gasteiger partial charge in [0.05, 0.1) is 12.7 Å². The average molecular weight is 373 g/mol. The Labute approximate surface area is 160 Å². The van der Waals surface area contributed by atoms with Crippen LogP contribution in [-0.2, 0) is 0 Å². The van der Waals surface area contributed by atoms with Gasteiger partial charge in [-0.15, -0.1) is 11.8 Å². The molecule has 4 heteroatoms. The SMILES string of the molecule is CSc1ccc(C(O)/C=C\c2cc(C)c(OC(C)(C)CO)c(C)c2)cc1. The van der Waals surface area contributed by atoms with Crippen molar-refractivity contribution in [2.24, 2.45) is 0 Å². The standard InChI is InChI=1S/C22H28O3S/c1-15-12-17(13-16(2)21(15)25-22(3,4)14-23)6-11-20(24)18-7-9-19(26-5)10-8-18/h6-13,20,23-24H,14H2,1-5H3/b11-6-. The summed E-state index contributed by atoms with van der Waals surface area (Å²) in [5.74, 6) is 0.800. The van der Waals surface area contributed by atoms with E-state index in [9.17, 15) is 10.2 Å². The molecule has 1 unspecified atom stereocenters. The predicted molar refractivity (Wildman–Crippen MR) is 110 cm³/mol. The number of hydrogen-bond donors (Lipinski definition) is 2. The van der Waals surface area contributed by atoms with Crippen LogP contribution < -0.4 is 4.74 Å².